The molecular formula is C14H17N3O4. The Morgan fingerprint density at radius 1 is 1.38 bits per heavy atom. The molecule has 1 saturated heterocycles. The van der Waals surface area contributed by atoms with Gasteiger partial charge in [-0.3, -0.25) is 9.59 Å². The molecule has 2 rings (SSSR count). The number of phenols is 1. The average molecular weight is 291 g/mol. The Bertz CT molecular complexity index is 565. The fourth-order valence-electron chi connectivity index (χ4n) is 2.08. The van der Waals surface area contributed by atoms with Crippen molar-refractivity contribution in [1.82, 2.24) is 10.3 Å². The van der Waals surface area contributed by atoms with Crippen molar-refractivity contribution in [3.63, 3.8) is 0 Å². The second-order valence-corrected chi connectivity index (χ2v) is 4.60. The zero-order chi connectivity index (χ0) is 15.2. The summed E-state index contributed by atoms with van der Waals surface area (Å²) in [5.41, 5.74) is 2.54. The van der Waals surface area contributed by atoms with Gasteiger partial charge in [0.2, 0.25) is 0 Å². The minimum Gasteiger partial charge on any atom is -0.504 e. The zero-order valence-electron chi connectivity index (χ0n) is 11.7. The van der Waals surface area contributed by atoms with Crippen molar-refractivity contribution >= 4 is 18.0 Å². The molecule has 1 heterocycles. The second kappa shape index (κ2) is 6.74. The quantitative estimate of drug-likeness (QED) is 0.481. The molecule has 0 unspecified atom stereocenters. The third kappa shape index (κ3) is 3.50. The van der Waals surface area contributed by atoms with Gasteiger partial charge in [0.15, 0.2) is 11.5 Å². The predicted molar refractivity (Wildman–Crippen MR) is 76.2 cm³/mol. The van der Waals surface area contributed by atoms with Gasteiger partial charge in [0.1, 0.15) is 0 Å². The molecule has 1 aromatic rings. The van der Waals surface area contributed by atoms with E-state index in [1.807, 2.05) is 0 Å². The summed E-state index contributed by atoms with van der Waals surface area (Å²) in [4.78, 5) is 24.8. The third-order valence-corrected chi connectivity index (χ3v) is 3.21. The summed E-state index contributed by atoms with van der Waals surface area (Å²) < 4.78 is 4.96. The van der Waals surface area contributed by atoms with Gasteiger partial charge in [-0.1, -0.05) is 6.07 Å². The molecule has 1 aliphatic heterocycles. The molecule has 1 fully saturated rings. The van der Waals surface area contributed by atoms with E-state index in [9.17, 15) is 14.7 Å². The molecule has 0 spiro atoms. The summed E-state index contributed by atoms with van der Waals surface area (Å²) in [6.07, 6.45) is 3.09. The summed E-state index contributed by atoms with van der Waals surface area (Å²) in [5, 5.41) is 13.5. The lowest BCUT2D eigenvalue weighted by atomic mass is 10.2. The smallest absolute Gasteiger partial charge is 0.329 e. The molecule has 7 nitrogen and oxygen atoms in total. The Morgan fingerprint density at radius 3 is 2.76 bits per heavy atom. The molecule has 2 N–H and O–H groups in total. The van der Waals surface area contributed by atoms with E-state index in [2.05, 4.69) is 10.5 Å². The van der Waals surface area contributed by atoms with Gasteiger partial charge < -0.3 is 14.7 Å². The number of para-hydroxylation sites is 1. The van der Waals surface area contributed by atoms with Crippen molar-refractivity contribution in [2.75, 3.05) is 20.2 Å². The number of aromatic hydroxyl groups is 1. The van der Waals surface area contributed by atoms with Gasteiger partial charge in [0.05, 0.1) is 13.3 Å². The maximum atomic E-state index is 11.7. The first-order chi connectivity index (χ1) is 10.1. The largest absolute Gasteiger partial charge is 0.504 e. The molecule has 112 valence electrons. The number of phenolic OH excluding ortho intramolecular Hbond substituents is 1. The van der Waals surface area contributed by atoms with E-state index in [1.54, 1.807) is 18.2 Å². The zero-order valence-corrected chi connectivity index (χ0v) is 11.7. The molecule has 7 heteroatoms. The van der Waals surface area contributed by atoms with Crippen LogP contribution in [0.2, 0.25) is 0 Å². The number of carbonyl (C=O) groups is 2. The van der Waals surface area contributed by atoms with Crippen LogP contribution in [0, 0.1) is 0 Å². The van der Waals surface area contributed by atoms with Crippen LogP contribution in [0.3, 0.4) is 0 Å². The van der Waals surface area contributed by atoms with Crippen LogP contribution in [0.1, 0.15) is 18.4 Å². The highest BCUT2D eigenvalue weighted by atomic mass is 16.5. The lowest BCUT2D eigenvalue weighted by molar-refractivity contribution is -0.145. The first kappa shape index (κ1) is 14.8. The number of rotatable bonds is 3. The Labute approximate surface area is 122 Å². The van der Waals surface area contributed by atoms with Gasteiger partial charge in [0, 0.05) is 18.7 Å². The van der Waals surface area contributed by atoms with Crippen LogP contribution >= 0.6 is 0 Å². The van der Waals surface area contributed by atoms with Crippen LogP contribution in [-0.2, 0) is 9.59 Å². The number of methoxy groups -OCH3 is 1. The van der Waals surface area contributed by atoms with Gasteiger partial charge in [0.25, 0.3) is 0 Å². The minimum absolute atomic E-state index is 0.0798. The fourth-order valence-corrected chi connectivity index (χ4v) is 2.08. The minimum atomic E-state index is -0.782. The maximum absolute atomic E-state index is 11.7. The molecule has 0 bridgehead atoms. The molecule has 21 heavy (non-hydrogen) atoms. The van der Waals surface area contributed by atoms with E-state index in [0.717, 1.165) is 12.8 Å². The summed E-state index contributed by atoms with van der Waals surface area (Å²) in [5.74, 6) is -1.14. The van der Waals surface area contributed by atoms with Crippen LogP contribution < -0.4 is 10.2 Å². The van der Waals surface area contributed by atoms with Crippen molar-refractivity contribution in [2.24, 2.45) is 5.10 Å². The number of ether oxygens (including phenoxy) is 1. The van der Waals surface area contributed by atoms with Crippen molar-refractivity contribution in [2.45, 2.75) is 12.8 Å². The summed E-state index contributed by atoms with van der Waals surface area (Å²) in [6.45, 7) is 1.21. The molecule has 1 aromatic carbocycles. The number of benzene rings is 1. The van der Waals surface area contributed by atoms with Crippen molar-refractivity contribution < 1.29 is 19.4 Å². The number of hydrogen-bond acceptors (Lipinski definition) is 5. The van der Waals surface area contributed by atoms with E-state index in [0.29, 0.717) is 24.4 Å². The number of hydrogen-bond donors (Lipinski definition) is 2. The maximum Gasteiger partial charge on any atom is 0.329 e. The van der Waals surface area contributed by atoms with Crippen LogP contribution in [0.5, 0.6) is 11.5 Å². The van der Waals surface area contributed by atoms with E-state index < -0.39 is 11.8 Å². The monoisotopic (exact) mass is 291 g/mol. The van der Waals surface area contributed by atoms with Gasteiger partial charge in [-0.05, 0) is 25.0 Å². The summed E-state index contributed by atoms with van der Waals surface area (Å²) in [6, 6.07) is 4.88. The molecule has 0 atom stereocenters. The van der Waals surface area contributed by atoms with Crippen LogP contribution in [-0.4, -0.2) is 48.2 Å². The highest BCUT2D eigenvalue weighted by Crippen LogP contribution is 2.27. The average Bonchev–Trinajstić information content (AvgIpc) is 3.02. The van der Waals surface area contributed by atoms with Gasteiger partial charge >= 0.3 is 11.8 Å². The van der Waals surface area contributed by atoms with Gasteiger partial charge in [-0.2, -0.15) is 5.10 Å². The molecule has 2 amide bonds. The molecule has 0 radical (unpaired) electrons. The second-order valence-electron chi connectivity index (χ2n) is 4.60. The van der Waals surface area contributed by atoms with E-state index in [1.165, 1.54) is 18.2 Å². The standard InChI is InChI=1S/C14H17N3O4/c1-21-11-6-4-5-10(12(11)18)9-15-16-13(19)14(20)17-7-2-3-8-17/h4-6,9,18H,2-3,7-8H2,1H3,(H,16,19)/b15-9-. The number of nitrogens with zero attached hydrogens (tertiary/aromatic N) is 2. The third-order valence-electron chi connectivity index (χ3n) is 3.21. The molecule has 0 saturated carbocycles. The normalized spacial score (nSPS) is 14.4. The van der Waals surface area contributed by atoms with Crippen LogP contribution in [0.25, 0.3) is 0 Å². The van der Waals surface area contributed by atoms with Gasteiger partial charge in [-0.15, -0.1) is 0 Å². The lowest BCUT2D eigenvalue weighted by Crippen LogP contribution is -2.39. The highest BCUT2D eigenvalue weighted by Gasteiger charge is 2.23. The Kier molecular flexibility index (Phi) is 4.76. The summed E-state index contributed by atoms with van der Waals surface area (Å²) in [7, 11) is 1.44. The Morgan fingerprint density at radius 2 is 2.10 bits per heavy atom. The Hall–Kier alpha value is -2.57. The number of carbonyl (C=O) groups excluding carboxylic acids is 2. The molecule has 0 aliphatic carbocycles. The summed E-state index contributed by atoms with van der Waals surface area (Å²) >= 11 is 0. The lowest BCUT2D eigenvalue weighted by Gasteiger charge is -2.12. The van der Waals surface area contributed by atoms with Crippen LogP contribution in [0.4, 0.5) is 0 Å². The molecular weight excluding hydrogens is 274 g/mol. The van der Waals surface area contributed by atoms with Crippen molar-refractivity contribution in [1.29, 1.82) is 0 Å². The number of amides is 2. The predicted octanol–water partition coefficient (Wildman–Crippen LogP) is 0.473. The topological polar surface area (TPSA) is 91.2 Å². The van der Waals surface area contributed by atoms with Gasteiger partial charge in [-0.25, -0.2) is 5.43 Å². The highest BCUT2D eigenvalue weighted by molar-refractivity contribution is 6.35. The van der Waals surface area contributed by atoms with E-state index in [4.69, 9.17) is 4.74 Å². The van der Waals surface area contributed by atoms with E-state index >= 15 is 0 Å². The molecule has 0 aromatic heterocycles. The number of hydrazone groups is 1. The van der Waals surface area contributed by atoms with E-state index in [-0.39, 0.29) is 5.75 Å². The van der Waals surface area contributed by atoms with Crippen molar-refractivity contribution in [3.8, 4) is 11.5 Å². The number of likely N-dealkylation sites (tertiary alicyclic amines) is 1. The SMILES string of the molecule is COc1cccc(/C=N\NC(=O)C(=O)N2CCCC2)c1O. The van der Waals surface area contributed by atoms with Crippen LogP contribution in [0.15, 0.2) is 23.3 Å². The first-order valence-electron chi connectivity index (χ1n) is 6.61. The van der Waals surface area contributed by atoms with Crippen molar-refractivity contribution in [3.05, 3.63) is 23.8 Å². The molecule has 1 aliphatic rings. The Balaban J connectivity index is 1.96. The number of nitrogens with one attached hydrogen (secondary N) is 1. The fraction of sp³-hybridized carbons (Fsp3) is 0.357. The first-order valence-corrected chi connectivity index (χ1v) is 6.61.